The average molecular weight is 463 g/mol. The van der Waals surface area contributed by atoms with E-state index in [4.69, 9.17) is 4.74 Å². The Hall–Kier alpha value is -2.73. The van der Waals surface area contributed by atoms with Crippen molar-refractivity contribution in [2.45, 2.75) is 62.9 Å². The van der Waals surface area contributed by atoms with Gasteiger partial charge in [0, 0.05) is 36.8 Å². The highest BCUT2D eigenvalue weighted by Gasteiger charge is 2.51. The normalized spacial score (nSPS) is 28.0. The van der Waals surface area contributed by atoms with Crippen LogP contribution in [0.25, 0.3) is 0 Å². The van der Waals surface area contributed by atoms with Gasteiger partial charge in [-0.1, -0.05) is 56.0 Å². The number of ether oxygens (including phenoxy) is 1. The van der Waals surface area contributed by atoms with Crippen molar-refractivity contribution < 1.29 is 18.8 Å². The molecule has 1 saturated carbocycles. The van der Waals surface area contributed by atoms with E-state index >= 15 is 0 Å². The number of piperidine rings is 3. The van der Waals surface area contributed by atoms with Crippen LogP contribution >= 0.6 is 0 Å². The molecule has 3 aliphatic heterocycles. The van der Waals surface area contributed by atoms with Crippen LogP contribution in [0, 0.1) is 5.92 Å². The molecule has 4 fully saturated rings. The molecule has 1 aliphatic carbocycles. The number of fused-ring (bicyclic) bond motifs is 3. The van der Waals surface area contributed by atoms with Crippen molar-refractivity contribution in [1.82, 2.24) is 4.98 Å². The second-order valence-corrected chi connectivity index (χ2v) is 10.6. The van der Waals surface area contributed by atoms with Gasteiger partial charge in [0.2, 0.25) is 0 Å². The monoisotopic (exact) mass is 462 g/mol. The second kappa shape index (κ2) is 9.87. The van der Waals surface area contributed by atoms with E-state index in [1.165, 1.54) is 12.8 Å². The number of pyridine rings is 1. The maximum Gasteiger partial charge on any atom is 0.317 e. The number of aromatic nitrogens is 1. The maximum atomic E-state index is 13.9. The molecule has 0 unspecified atom stereocenters. The topological polar surface area (TPSA) is 68.3 Å². The third kappa shape index (κ3) is 4.74. The molecule has 6 rings (SSSR count). The van der Waals surface area contributed by atoms with Crippen molar-refractivity contribution >= 4 is 17.6 Å². The lowest BCUT2D eigenvalue weighted by Gasteiger charge is -2.52. The Balaban J connectivity index is 1.30. The van der Waals surface area contributed by atoms with Crippen LogP contribution < -0.4 is 5.32 Å². The fraction of sp³-hybridized carbons (Fsp3) is 0.536. The van der Waals surface area contributed by atoms with Gasteiger partial charge in [0.15, 0.2) is 12.6 Å². The molecule has 1 atom stereocenters. The summed E-state index contributed by atoms with van der Waals surface area (Å²) in [5, 5.41) is 3.01. The Morgan fingerprint density at radius 1 is 0.971 bits per heavy atom. The predicted octanol–water partition coefficient (Wildman–Crippen LogP) is 4.46. The van der Waals surface area contributed by atoms with E-state index in [2.05, 4.69) is 22.4 Å². The lowest BCUT2D eigenvalue weighted by molar-refractivity contribution is -0.939. The zero-order valence-electron chi connectivity index (χ0n) is 20.0. The van der Waals surface area contributed by atoms with Crippen molar-refractivity contribution in [3.8, 4) is 0 Å². The average Bonchev–Trinajstić information content (AvgIpc) is 3.13. The van der Waals surface area contributed by atoms with Crippen LogP contribution in [-0.2, 0) is 19.7 Å². The van der Waals surface area contributed by atoms with Crippen LogP contribution in [0.5, 0.6) is 0 Å². The largest absolute Gasteiger partial charge is 0.455 e. The zero-order chi connectivity index (χ0) is 23.4. The van der Waals surface area contributed by atoms with Crippen LogP contribution in [0.3, 0.4) is 0 Å². The smallest absolute Gasteiger partial charge is 0.317 e. The number of carbonyl (C=O) groups excluding carboxylic acids is 2. The van der Waals surface area contributed by atoms with Crippen molar-refractivity contribution in [1.29, 1.82) is 0 Å². The highest BCUT2D eigenvalue weighted by molar-refractivity contribution is 5.91. The quantitative estimate of drug-likeness (QED) is 0.391. The van der Waals surface area contributed by atoms with E-state index in [9.17, 15) is 9.59 Å². The van der Waals surface area contributed by atoms with E-state index in [1.807, 2.05) is 18.2 Å². The van der Waals surface area contributed by atoms with Gasteiger partial charge in [-0.15, -0.1) is 0 Å². The van der Waals surface area contributed by atoms with Gasteiger partial charge >= 0.3 is 5.97 Å². The van der Waals surface area contributed by atoms with Crippen molar-refractivity contribution in [2.75, 3.05) is 31.5 Å². The lowest BCUT2D eigenvalue weighted by Crippen LogP contribution is -2.66. The highest BCUT2D eigenvalue weighted by Crippen LogP contribution is 2.42. The van der Waals surface area contributed by atoms with E-state index < -0.39 is 5.41 Å². The van der Waals surface area contributed by atoms with Crippen LogP contribution in [0.4, 0.5) is 5.69 Å². The summed E-state index contributed by atoms with van der Waals surface area (Å²) >= 11 is 0. The summed E-state index contributed by atoms with van der Waals surface area (Å²) in [5.41, 5.74) is 1.34. The molecule has 3 saturated heterocycles. The molecule has 0 radical (unpaired) electrons. The van der Waals surface area contributed by atoms with Gasteiger partial charge in [-0.05, 0) is 30.5 Å². The standard InChI is InChI=1S/C28H35N3O3/c32-26(30-24-10-16-29-17-11-24)21-31-18-12-22(13-19-31)25(20-31)34-27(33)28(14-6-1-2-7-15-28)23-8-4-3-5-9-23/h3-5,8-11,16-17,22,25H,1-2,6-7,12-15,18-21H2/p+1/t22?,25-,31?/m0/s1. The van der Waals surface area contributed by atoms with Gasteiger partial charge in [0.05, 0.1) is 18.5 Å². The van der Waals surface area contributed by atoms with Gasteiger partial charge in [-0.25, -0.2) is 0 Å². The van der Waals surface area contributed by atoms with Crippen molar-refractivity contribution in [2.24, 2.45) is 5.92 Å². The first-order valence-electron chi connectivity index (χ1n) is 12.9. The van der Waals surface area contributed by atoms with E-state index in [0.29, 0.717) is 16.9 Å². The molecule has 6 heteroatoms. The molecule has 1 aromatic carbocycles. The van der Waals surface area contributed by atoms with E-state index in [-0.39, 0.29) is 18.0 Å². The summed E-state index contributed by atoms with van der Waals surface area (Å²) in [6.45, 7) is 3.12. The number of nitrogens with zero attached hydrogens (tertiary/aromatic N) is 2. The molecule has 1 N–H and O–H groups in total. The SMILES string of the molecule is O=C(C[N+]12CCC(CC1)[C@@H](OC(=O)C1(c3ccccc3)CCCCCC1)C2)Nc1ccncc1. The number of hydrogen-bond acceptors (Lipinski definition) is 4. The minimum absolute atomic E-state index is 0.0150. The molecule has 1 aromatic heterocycles. The minimum atomic E-state index is -0.534. The molecule has 4 heterocycles. The number of amides is 1. The van der Waals surface area contributed by atoms with Crippen LogP contribution in [0.2, 0.25) is 0 Å². The summed E-state index contributed by atoms with van der Waals surface area (Å²) < 4.78 is 7.12. The molecule has 2 bridgehead atoms. The van der Waals surface area contributed by atoms with Crippen LogP contribution in [0.1, 0.15) is 56.9 Å². The Morgan fingerprint density at radius 2 is 1.65 bits per heavy atom. The summed E-state index contributed by atoms with van der Waals surface area (Å²) in [7, 11) is 0. The Kier molecular flexibility index (Phi) is 6.68. The van der Waals surface area contributed by atoms with E-state index in [1.54, 1.807) is 24.5 Å². The fourth-order valence-electron chi connectivity index (χ4n) is 6.47. The Bertz CT molecular complexity index is 978. The number of benzene rings is 1. The van der Waals surface area contributed by atoms with Gasteiger partial charge in [0.1, 0.15) is 6.54 Å². The first kappa shape index (κ1) is 23.0. The summed E-state index contributed by atoms with van der Waals surface area (Å²) in [6.07, 6.45) is 11.5. The lowest BCUT2D eigenvalue weighted by atomic mass is 9.74. The number of anilines is 1. The first-order valence-corrected chi connectivity index (χ1v) is 12.9. The maximum absolute atomic E-state index is 13.9. The number of carbonyl (C=O) groups is 2. The summed E-state index contributed by atoms with van der Waals surface area (Å²) in [4.78, 5) is 30.7. The third-order valence-corrected chi connectivity index (χ3v) is 8.42. The van der Waals surface area contributed by atoms with Crippen molar-refractivity contribution in [3.05, 3.63) is 60.4 Å². The predicted molar refractivity (Wildman–Crippen MR) is 131 cm³/mol. The number of esters is 1. The van der Waals surface area contributed by atoms with Gasteiger partial charge in [0.25, 0.3) is 5.91 Å². The number of quaternary nitrogens is 1. The second-order valence-electron chi connectivity index (χ2n) is 10.6. The molecule has 0 spiro atoms. The van der Waals surface area contributed by atoms with Gasteiger partial charge in [-0.3, -0.25) is 14.6 Å². The molecule has 2 aromatic rings. The number of rotatable bonds is 6. The fourth-order valence-corrected chi connectivity index (χ4v) is 6.47. The molecule has 1 amide bonds. The summed E-state index contributed by atoms with van der Waals surface area (Å²) in [6, 6.07) is 13.9. The van der Waals surface area contributed by atoms with E-state index in [0.717, 1.165) is 69.4 Å². The Labute approximate surface area is 202 Å². The molecular formula is C28H36N3O3+. The first-order chi connectivity index (χ1) is 16.6. The van der Waals surface area contributed by atoms with Gasteiger partial charge in [-0.2, -0.15) is 0 Å². The number of nitrogens with one attached hydrogen (secondary N) is 1. The molecular weight excluding hydrogens is 426 g/mol. The molecule has 34 heavy (non-hydrogen) atoms. The van der Waals surface area contributed by atoms with Crippen molar-refractivity contribution in [3.63, 3.8) is 0 Å². The Morgan fingerprint density at radius 3 is 2.32 bits per heavy atom. The third-order valence-electron chi connectivity index (χ3n) is 8.42. The van der Waals surface area contributed by atoms with Crippen LogP contribution in [-0.4, -0.2) is 53.6 Å². The molecule has 6 nitrogen and oxygen atoms in total. The number of hydrogen-bond donors (Lipinski definition) is 1. The molecule has 4 aliphatic rings. The van der Waals surface area contributed by atoms with Gasteiger partial charge < -0.3 is 14.5 Å². The zero-order valence-corrected chi connectivity index (χ0v) is 20.0. The highest BCUT2D eigenvalue weighted by atomic mass is 16.5. The molecule has 180 valence electrons. The summed E-state index contributed by atoms with van der Waals surface area (Å²) in [5.74, 6) is 0.380. The van der Waals surface area contributed by atoms with Crippen LogP contribution in [0.15, 0.2) is 54.9 Å². The minimum Gasteiger partial charge on any atom is -0.455 e.